The van der Waals surface area contributed by atoms with Gasteiger partial charge in [0.2, 0.25) is 5.91 Å². The van der Waals surface area contributed by atoms with E-state index in [0.717, 1.165) is 44.7 Å². The molecule has 1 unspecified atom stereocenters. The second-order valence-electron chi connectivity index (χ2n) is 7.60. The predicted octanol–water partition coefficient (Wildman–Crippen LogP) is 3.63. The monoisotopic (exact) mass is 353 g/mol. The molecular formula is C21H24FN3O. The van der Waals surface area contributed by atoms with Crippen LogP contribution in [0.3, 0.4) is 0 Å². The zero-order valence-corrected chi connectivity index (χ0v) is 14.9. The summed E-state index contributed by atoms with van der Waals surface area (Å²) in [4.78, 5) is 21.0. The quantitative estimate of drug-likeness (QED) is 0.845. The molecule has 136 valence electrons. The van der Waals surface area contributed by atoms with E-state index in [1.54, 1.807) is 6.07 Å². The number of pyridine rings is 1. The molecule has 1 aromatic carbocycles. The number of amides is 1. The van der Waals surface area contributed by atoms with Gasteiger partial charge in [0.15, 0.2) is 0 Å². The smallest absolute Gasteiger partial charge is 0.222 e. The number of benzene rings is 1. The minimum absolute atomic E-state index is 0.108. The second kappa shape index (κ2) is 7.06. The van der Waals surface area contributed by atoms with Crippen molar-refractivity contribution in [3.05, 3.63) is 60.0 Å². The van der Waals surface area contributed by atoms with Gasteiger partial charge in [0.25, 0.3) is 0 Å². The molecule has 0 radical (unpaired) electrons. The fraction of sp³-hybridized carbons (Fsp3) is 0.429. The van der Waals surface area contributed by atoms with Gasteiger partial charge in [0.1, 0.15) is 11.6 Å². The number of nitrogens with zero attached hydrogens (tertiary/aromatic N) is 3. The molecule has 2 saturated heterocycles. The van der Waals surface area contributed by atoms with Gasteiger partial charge < -0.3 is 9.80 Å². The van der Waals surface area contributed by atoms with Crippen LogP contribution in [0.2, 0.25) is 0 Å². The number of piperidine rings is 2. The van der Waals surface area contributed by atoms with Gasteiger partial charge in [-0.3, -0.25) is 4.79 Å². The minimum Gasteiger partial charge on any atom is -0.356 e. The number of carbonyl (C=O) groups is 1. The molecule has 1 atom stereocenters. The van der Waals surface area contributed by atoms with Gasteiger partial charge in [-0.2, -0.15) is 0 Å². The average Bonchev–Trinajstić information content (AvgIpc) is 2.67. The highest BCUT2D eigenvalue weighted by Gasteiger charge is 2.41. The van der Waals surface area contributed by atoms with E-state index in [1.807, 2.05) is 23.1 Å². The summed E-state index contributed by atoms with van der Waals surface area (Å²) in [5.41, 5.74) is 1.28. The van der Waals surface area contributed by atoms with Gasteiger partial charge in [-0.15, -0.1) is 0 Å². The molecule has 0 bridgehead atoms. The van der Waals surface area contributed by atoms with Crippen LogP contribution in [-0.2, 0) is 11.3 Å². The first-order chi connectivity index (χ1) is 12.6. The number of likely N-dealkylation sites (tertiary alicyclic amines) is 1. The lowest BCUT2D eigenvalue weighted by molar-refractivity contribution is -0.138. The van der Waals surface area contributed by atoms with Gasteiger partial charge in [0.05, 0.1) is 6.20 Å². The summed E-state index contributed by atoms with van der Waals surface area (Å²) >= 11 is 0. The Morgan fingerprint density at radius 2 is 1.92 bits per heavy atom. The van der Waals surface area contributed by atoms with Gasteiger partial charge in [-0.25, -0.2) is 9.37 Å². The van der Waals surface area contributed by atoms with Crippen molar-refractivity contribution >= 4 is 11.7 Å². The van der Waals surface area contributed by atoms with Crippen molar-refractivity contribution in [3.63, 3.8) is 0 Å². The average molecular weight is 353 g/mol. The number of hydrogen-bond acceptors (Lipinski definition) is 3. The number of carbonyl (C=O) groups excluding carboxylic acids is 1. The van der Waals surface area contributed by atoms with Crippen molar-refractivity contribution in [1.82, 2.24) is 9.88 Å². The number of hydrogen-bond donors (Lipinski definition) is 0. The Morgan fingerprint density at radius 1 is 1.08 bits per heavy atom. The molecule has 2 fully saturated rings. The largest absolute Gasteiger partial charge is 0.356 e. The molecule has 0 saturated carbocycles. The maximum absolute atomic E-state index is 13.2. The van der Waals surface area contributed by atoms with Crippen LogP contribution in [0.5, 0.6) is 0 Å². The molecule has 1 amide bonds. The molecule has 26 heavy (non-hydrogen) atoms. The van der Waals surface area contributed by atoms with E-state index in [0.29, 0.717) is 13.0 Å². The Morgan fingerprint density at radius 3 is 2.69 bits per heavy atom. The summed E-state index contributed by atoms with van der Waals surface area (Å²) in [6, 6.07) is 13.4. The molecule has 5 heteroatoms. The highest BCUT2D eigenvalue weighted by atomic mass is 19.1. The third-order valence-corrected chi connectivity index (χ3v) is 5.66. The molecule has 4 rings (SSSR count). The van der Waals surface area contributed by atoms with Crippen molar-refractivity contribution in [2.24, 2.45) is 5.41 Å². The van der Waals surface area contributed by atoms with E-state index in [2.05, 4.69) is 22.0 Å². The van der Waals surface area contributed by atoms with Crippen LogP contribution in [0.1, 0.15) is 31.2 Å². The van der Waals surface area contributed by atoms with E-state index in [-0.39, 0.29) is 17.1 Å². The first-order valence-corrected chi connectivity index (χ1v) is 9.32. The number of rotatable bonds is 3. The van der Waals surface area contributed by atoms with Crippen molar-refractivity contribution < 1.29 is 9.18 Å². The molecule has 4 nitrogen and oxygen atoms in total. The number of halogens is 1. The number of aromatic nitrogens is 1. The summed E-state index contributed by atoms with van der Waals surface area (Å²) < 4.78 is 13.2. The molecule has 2 aliphatic heterocycles. The maximum atomic E-state index is 13.2. The van der Waals surface area contributed by atoms with Gasteiger partial charge in [-0.1, -0.05) is 30.3 Å². The summed E-state index contributed by atoms with van der Waals surface area (Å²) in [7, 11) is 0. The van der Waals surface area contributed by atoms with Crippen LogP contribution in [-0.4, -0.2) is 35.4 Å². The van der Waals surface area contributed by atoms with E-state index < -0.39 is 0 Å². The maximum Gasteiger partial charge on any atom is 0.222 e. The Bertz CT molecular complexity index is 765. The Balaban J connectivity index is 1.49. The lowest BCUT2D eigenvalue weighted by Crippen LogP contribution is -2.54. The van der Waals surface area contributed by atoms with E-state index in [9.17, 15) is 9.18 Å². The fourth-order valence-corrected chi connectivity index (χ4v) is 4.34. The van der Waals surface area contributed by atoms with Gasteiger partial charge >= 0.3 is 0 Å². The fourth-order valence-electron chi connectivity index (χ4n) is 4.34. The minimum atomic E-state index is -0.308. The lowest BCUT2D eigenvalue weighted by Gasteiger charge is -2.48. The third kappa shape index (κ3) is 3.57. The molecule has 0 aliphatic carbocycles. The van der Waals surface area contributed by atoms with Crippen LogP contribution >= 0.6 is 0 Å². The molecular weight excluding hydrogens is 329 g/mol. The molecule has 1 spiro atoms. The number of anilines is 1. The van der Waals surface area contributed by atoms with Crippen molar-refractivity contribution in [3.8, 4) is 0 Å². The van der Waals surface area contributed by atoms with E-state index in [4.69, 9.17) is 0 Å². The highest BCUT2D eigenvalue weighted by Crippen LogP contribution is 2.40. The lowest BCUT2D eigenvalue weighted by atomic mass is 9.73. The van der Waals surface area contributed by atoms with Crippen LogP contribution < -0.4 is 4.90 Å². The summed E-state index contributed by atoms with van der Waals surface area (Å²) in [6.45, 7) is 3.28. The third-order valence-electron chi connectivity index (χ3n) is 5.66. The Kier molecular flexibility index (Phi) is 4.62. The van der Waals surface area contributed by atoms with Gasteiger partial charge in [0, 0.05) is 38.0 Å². The zero-order chi connectivity index (χ0) is 18.0. The summed E-state index contributed by atoms with van der Waals surface area (Å²) in [5, 5.41) is 0. The summed E-state index contributed by atoms with van der Waals surface area (Å²) in [5.74, 6) is 0.770. The van der Waals surface area contributed by atoms with E-state index in [1.165, 1.54) is 17.8 Å². The van der Waals surface area contributed by atoms with Crippen molar-refractivity contribution in [2.75, 3.05) is 24.5 Å². The predicted molar refractivity (Wildman–Crippen MR) is 99.2 cm³/mol. The molecule has 1 aromatic heterocycles. The SMILES string of the molecule is O=C1CCC2(CCCN(c3ccc(F)cn3)C2)CN1Cc1ccccc1. The summed E-state index contributed by atoms with van der Waals surface area (Å²) in [6.07, 6.45) is 5.02. The molecule has 3 heterocycles. The first-order valence-electron chi connectivity index (χ1n) is 9.32. The standard InChI is InChI=1S/C21H24FN3O/c22-18-7-8-19(23-13-18)24-12-4-10-21(15-24)11-9-20(26)25(16-21)14-17-5-2-1-3-6-17/h1-3,5-8,13H,4,9-12,14-16H2. The Hall–Kier alpha value is -2.43. The zero-order valence-electron chi connectivity index (χ0n) is 14.9. The van der Waals surface area contributed by atoms with Crippen LogP contribution in [0.15, 0.2) is 48.7 Å². The van der Waals surface area contributed by atoms with Crippen LogP contribution in [0, 0.1) is 11.2 Å². The van der Waals surface area contributed by atoms with Crippen molar-refractivity contribution in [1.29, 1.82) is 0 Å². The Labute approximate surface area is 153 Å². The highest BCUT2D eigenvalue weighted by molar-refractivity contribution is 5.77. The normalized spacial score (nSPS) is 23.5. The van der Waals surface area contributed by atoms with Crippen molar-refractivity contribution in [2.45, 2.75) is 32.2 Å². The van der Waals surface area contributed by atoms with Gasteiger partial charge in [-0.05, 0) is 37.0 Å². The van der Waals surface area contributed by atoms with Crippen LogP contribution in [0.4, 0.5) is 10.2 Å². The second-order valence-corrected chi connectivity index (χ2v) is 7.60. The molecule has 2 aliphatic rings. The molecule has 0 N–H and O–H groups in total. The molecule has 2 aromatic rings. The van der Waals surface area contributed by atoms with E-state index >= 15 is 0 Å². The first kappa shape index (κ1) is 17.0. The van der Waals surface area contributed by atoms with Crippen LogP contribution in [0.25, 0.3) is 0 Å². The topological polar surface area (TPSA) is 36.4 Å².